The smallest absolute Gasteiger partial charge is 0.0585 e. The lowest BCUT2D eigenvalue weighted by molar-refractivity contribution is -0.196. The fourth-order valence-electron chi connectivity index (χ4n) is 2.33. The number of hydrogen-bond donors (Lipinski definition) is 1. The Balaban J connectivity index is 2.85. The third-order valence-electron chi connectivity index (χ3n) is 3.24. The molecule has 1 aliphatic rings. The molecule has 0 spiro atoms. The average molecular weight is 214 g/mol. The van der Waals surface area contributed by atoms with Crippen LogP contribution in [0.1, 0.15) is 34.1 Å². The van der Waals surface area contributed by atoms with Gasteiger partial charge in [-0.15, -0.1) is 0 Å². The summed E-state index contributed by atoms with van der Waals surface area (Å²) >= 11 is 4.56. The zero-order chi connectivity index (χ0) is 11.0. The number of isothiocyanates is 1. The van der Waals surface area contributed by atoms with Crippen LogP contribution in [0.4, 0.5) is 0 Å². The van der Waals surface area contributed by atoms with Crippen LogP contribution >= 0.6 is 12.2 Å². The van der Waals surface area contributed by atoms with Crippen LogP contribution < -0.4 is 0 Å². The zero-order valence-electron chi connectivity index (χ0n) is 9.24. The van der Waals surface area contributed by atoms with Crippen molar-refractivity contribution in [2.45, 2.75) is 45.2 Å². The van der Waals surface area contributed by atoms with E-state index in [9.17, 15) is 5.21 Å². The third-order valence-corrected chi connectivity index (χ3v) is 3.37. The van der Waals surface area contributed by atoms with Gasteiger partial charge in [0.1, 0.15) is 0 Å². The van der Waals surface area contributed by atoms with E-state index >= 15 is 0 Å². The maximum absolute atomic E-state index is 10.00. The number of hydrogen-bond acceptors (Lipinski definition) is 4. The molecule has 0 bridgehead atoms. The lowest BCUT2D eigenvalue weighted by Gasteiger charge is -2.35. The highest BCUT2D eigenvalue weighted by molar-refractivity contribution is 7.78. The highest BCUT2D eigenvalue weighted by Crippen LogP contribution is 2.43. The Morgan fingerprint density at radius 1 is 1.50 bits per heavy atom. The van der Waals surface area contributed by atoms with Gasteiger partial charge in [-0.2, -0.15) is 5.06 Å². The van der Waals surface area contributed by atoms with Crippen LogP contribution in [0.15, 0.2) is 4.99 Å². The Labute approximate surface area is 90.8 Å². The van der Waals surface area contributed by atoms with Crippen LogP contribution in [0.2, 0.25) is 0 Å². The third kappa shape index (κ3) is 1.89. The summed E-state index contributed by atoms with van der Waals surface area (Å²) < 4.78 is 0. The molecule has 1 fully saturated rings. The van der Waals surface area contributed by atoms with Crippen LogP contribution in [-0.2, 0) is 0 Å². The fraction of sp³-hybridized carbons (Fsp3) is 0.900. The molecule has 1 unspecified atom stereocenters. The van der Waals surface area contributed by atoms with Crippen molar-refractivity contribution in [3.05, 3.63) is 0 Å². The molecule has 1 rings (SSSR count). The Bertz CT molecular complexity index is 269. The van der Waals surface area contributed by atoms with Gasteiger partial charge < -0.3 is 5.21 Å². The summed E-state index contributed by atoms with van der Waals surface area (Å²) in [6.07, 6.45) is 0.928. The Hall–Kier alpha value is -0.280. The predicted molar refractivity (Wildman–Crippen MR) is 59.8 cm³/mol. The molecule has 0 aromatic carbocycles. The second-order valence-corrected chi connectivity index (χ2v) is 5.29. The summed E-state index contributed by atoms with van der Waals surface area (Å²) in [7, 11) is 0. The van der Waals surface area contributed by atoms with Crippen LogP contribution in [-0.4, -0.2) is 33.1 Å². The predicted octanol–water partition coefficient (Wildman–Crippen LogP) is 2.36. The molecule has 0 aromatic rings. The summed E-state index contributed by atoms with van der Waals surface area (Å²) in [5, 5.41) is 13.8. The minimum absolute atomic E-state index is 0.175. The van der Waals surface area contributed by atoms with Gasteiger partial charge in [-0.05, 0) is 46.3 Å². The first kappa shape index (κ1) is 11.8. The maximum atomic E-state index is 10.00. The van der Waals surface area contributed by atoms with E-state index in [1.165, 1.54) is 5.06 Å². The van der Waals surface area contributed by atoms with Crippen LogP contribution in [0.3, 0.4) is 0 Å². The topological polar surface area (TPSA) is 35.8 Å². The summed E-state index contributed by atoms with van der Waals surface area (Å²) in [5.41, 5.74) is -0.412. The van der Waals surface area contributed by atoms with Gasteiger partial charge in [0.25, 0.3) is 0 Å². The molecule has 0 aromatic heterocycles. The van der Waals surface area contributed by atoms with E-state index in [-0.39, 0.29) is 11.1 Å². The summed E-state index contributed by atoms with van der Waals surface area (Å²) in [5.74, 6) is 0.331. The van der Waals surface area contributed by atoms with Gasteiger partial charge in [-0.1, -0.05) is 0 Å². The van der Waals surface area contributed by atoms with Crippen LogP contribution in [0, 0.1) is 5.92 Å². The summed E-state index contributed by atoms with van der Waals surface area (Å²) in [6, 6.07) is 0. The van der Waals surface area contributed by atoms with Crippen molar-refractivity contribution in [2.75, 3.05) is 6.54 Å². The van der Waals surface area contributed by atoms with Crippen molar-refractivity contribution in [1.82, 2.24) is 5.06 Å². The van der Waals surface area contributed by atoms with Gasteiger partial charge in [-0.25, -0.2) is 4.99 Å². The number of thiocarbonyl (C=S) groups is 1. The van der Waals surface area contributed by atoms with Gasteiger partial charge >= 0.3 is 0 Å². The second kappa shape index (κ2) is 3.70. The summed E-state index contributed by atoms with van der Waals surface area (Å²) in [6.45, 7) is 8.79. The average Bonchev–Trinajstić information content (AvgIpc) is 2.23. The van der Waals surface area contributed by atoms with E-state index in [1.807, 2.05) is 27.7 Å². The van der Waals surface area contributed by atoms with Crippen molar-refractivity contribution in [2.24, 2.45) is 10.9 Å². The first-order chi connectivity index (χ1) is 6.32. The molecular formula is C10H18N2OS. The molecule has 0 radical (unpaired) electrons. The number of nitrogens with zero attached hydrogens (tertiary/aromatic N) is 2. The first-order valence-corrected chi connectivity index (χ1v) is 5.26. The van der Waals surface area contributed by atoms with E-state index < -0.39 is 0 Å². The standard InChI is InChI=1S/C10H18N2OS/c1-9(2)5-8(6-11-7-14)10(3,4)12(9)13/h8,13H,5-6H2,1-4H3. The van der Waals surface area contributed by atoms with Crippen molar-refractivity contribution in [1.29, 1.82) is 0 Å². The fourth-order valence-corrected chi connectivity index (χ4v) is 2.40. The minimum Gasteiger partial charge on any atom is -0.313 e. The molecule has 14 heavy (non-hydrogen) atoms. The Morgan fingerprint density at radius 3 is 2.43 bits per heavy atom. The molecule has 0 saturated carbocycles. The molecule has 3 nitrogen and oxygen atoms in total. The van der Waals surface area contributed by atoms with Gasteiger partial charge in [0.15, 0.2) is 0 Å². The quantitative estimate of drug-likeness (QED) is 0.566. The zero-order valence-corrected chi connectivity index (χ0v) is 10.1. The molecule has 1 heterocycles. The largest absolute Gasteiger partial charge is 0.313 e. The maximum Gasteiger partial charge on any atom is 0.0585 e. The Morgan fingerprint density at radius 2 is 2.07 bits per heavy atom. The molecule has 0 aliphatic carbocycles. The van der Waals surface area contributed by atoms with Gasteiger partial charge in [0.2, 0.25) is 0 Å². The van der Waals surface area contributed by atoms with Crippen molar-refractivity contribution >= 4 is 17.4 Å². The first-order valence-electron chi connectivity index (χ1n) is 4.85. The molecule has 0 amide bonds. The lowest BCUT2D eigenvalue weighted by Crippen LogP contribution is -2.47. The summed E-state index contributed by atoms with van der Waals surface area (Å²) in [4.78, 5) is 3.98. The van der Waals surface area contributed by atoms with E-state index in [0.717, 1.165) is 6.42 Å². The highest BCUT2D eigenvalue weighted by atomic mass is 32.1. The monoisotopic (exact) mass is 214 g/mol. The second-order valence-electron chi connectivity index (χ2n) is 5.11. The van der Waals surface area contributed by atoms with Gasteiger partial charge in [0.05, 0.1) is 11.7 Å². The van der Waals surface area contributed by atoms with E-state index in [2.05, 4.69) is 22.4 Å². The lowest BCUT2D eigenvalue weighted by atomic mass is 9.87. The van der Waals surface area contributed by atoms with Crippen molar-refractivity contribution < 1.29 is 5.21 Å². The van der Waals surface area contributed by atoms with E-state index in [0.29, 0.717) is 12.5 Å². The molecule has 1 saturated heterocycles. The number of hydroxylamine groups is 2. The van der Waals surface area contributed by atoms with Crippen molar-refractivity contribution in [3.63, 3.8) is 0 Å². The normalized spacial score (nSPS) is 29.9. The van der Waals surface area contributed by atoms with Gasteiger partial charge in [0, 0.05) is 17.0 Å². The van der Waals surface area contributed by atoms with Crippen molar-refractivity contribution in [3.8, 4) is 0 Å². The van der Waals surface area contributed by atoms with Crippen LogP contribution in [0.5, 0.6) is 0 Å². The molecular weight excluding hydrogens is 196 g/mol. The van der Waals surface area contributed by atoms with E-state index in [1.54, 1.807) is 0 Å². The Kier molecular flexibility index (Phi) is 3.12. The highest BCUT2D eigenvalue weighted by Gasteiger charge is 2.50. The molecule has 4 heteroatoms. The molecule has 1 N–H and O–H groups in total. The molecule has 1 aliphatic heterocycles. The SMILES string of the molecule is CC1(C)CC(CN=C=S)C(C)(C)N1O. The van der Waals surface area contributed by atoms with Crippen LogP contribution in [0.25, 0.3) is 0 Å². The van der Waals surface area contributed by atoms with E-state index in [4.69, 9.17) is 0 Å². The number of aliphatic imine (C=N–C) groups is 1. The minimum atomic E-state index is -0.237. The molecule has 80 valence electrons. The van der Waals surface area contributed by atoms with Gasteiger partial charge in [-0.3, -0.25) is 0 Å². The molecule has 1 atom stereocenters. The number of rotatable bonds is 2.